The van der Waals surface area contributed by atoms with Crippen LogP contribution in [-0.2, 0) is 0 Å². The topological polar surface area (TPSA) is 85.3 Å². The van der Waals surface area contributed by atoms with Crippen LogP contribution in [-0.4, -0.2) is 32.7 Å². The summed E-state index contributed by atoms with van der Waals surface area (Å²) >= 11 is 1.25. The molecule has 3 heterocycles. The first kappa shape index (κ1) is 18.7. The van der Waals surface area contributed by atoms with E-state index in [-0.39, 0.29) is 24.7 Å². The largest absolute Gasteiger partial charge is 0.391 e. The average molecular weight is 409 g/mol. The highest BCUT2D eigenvalue weighted by Crippen LogP contribution is 2.37. The number of nitrogen functional groups attached to an aromatic ring is 1. The molecule has 1 fully saturated rings. The number of nitrogens with zero attached hydrogens (tertiary/aromatic N) is 3. The number of nitrogens with two attached hydrogens (primary N) is 1. The van der Waals surface area contributed by atoms with E-state index in [1.165, 1.54) is 11.3 Å². The lowest BCUT2D eigenvalue weighted by atomic mass is 9.85. The summed E-state index contributed by atoms with van der Waals surface area (Å²) in [6, 6.07) is 4.90. The lowest BCUT2D eigenvalue weighted by Gasteiger charge is -2.30. The summed E-state index contributed by atoms with van der Waals surface area (Å²) in [4.78, 5) is 17.0. The summed E-state index contributed by atoms with van der Waals surface area (Å²) in [6.07, 6.45) is -1.33. The molecule has 0 spiro atoms. The standard InChI is InChI=1S/C18H18F3N5OS/c19-18(20,21)12-2-1-3-13(7-12)23-16(27)14-6-11(9-28-14)10-4-5-15-24-17(22)25-26(15)8-10/h4-6,8-9,12-13H,1-3,7H2,(H2,22,25)(H,23,27). The number of hydrogen-bond acceptors (Lipinski definition) is 5. The summed E-state index contributed by atoms with van der Waals surface area (Å²) in [6.45, 7) is 0. The molecule has 1 aliphatic rings. The molecule has 3 aromatic rings. The number of hydrogen-bond donors (Lipinski definition) is 2. The van der Waals surface area contributed by atoms with E-state index in [4.69, 9.17) is 5.73 Å². The minimum atomic E-state index is -4.21. The van der Waals surface area contributed by atoms with Gasteiger partial charge in [0.1, 0.15) is 0 Å². The highest BCUT2D eigenvalue weighted by Gasteiger charge is 2.42. The second-order valence-corrected chi connectivity index (χ2v) is 7.88. The molecule has 0 saturated heterocycles. The molecule has 148 valence electrons. The zero-order valence-corrected chi connectivity index (χ0v) is 15.6. The fourth-order valence-corrected chi connectivity index (χ4v) is 4.37. The average Bonchev–Trinajstić information content (AvgIpc) is 3.26. The third kappa shape index (κ3) is 3.82. The Kier molecular flexibility index (Phi) is 4.74. The molecule has 0 aliphatic heterocycles. The lowest BCUT2D eigenvalue weighted by Crippen LogP contribution is -2.41. The maximum atomic E-state index is 12.9. The van der Waals surface area contributed by atoms with Gasteiger partial charge in [-0.25, -0.2) is 4.52 Å². The Morgan fingerprint density at radius 2 is 2.11 bits per heavy atom. The van der Waals surface area contributed by atoms with E-state index >= 15 is 0 Å². The molecule has 1 amide bonds. The Labute approximate surface area is 162 Å². The summed E-state index contributed by atoms with van der Waals surface area (Å²) in [5.74, 6) is -1.50. The van der Waals surface area contributed by atoms with Crippen molar-refractivity contribution in [1.82, 2.24) is 19.9 Å². The number of pyridine rings is 1. The van der Waals surface area contributed by atoms with Crippen LogP contribution in [0.2, 0.25) is 0 Å². The number of nitrogens with one attached hydrogen (secondary N) is 1. The number of thiophene rings is 1. The van der Waals surface area contributed by atoms with Crippen molar-refractivity contribution in [3.63, 3.8) is 0 Å². The van der Waals surface area contributed by atoms with Gasteiger partial charge in [-0.15, -0.1) is 16.4 Å². The second kappa shape index (κ2) is 7.08. The molecule has 0 radical (unpaired) electrons. The summed E-state index contributed by atoms with van der Waals surface area (Å²) in [7, 11) is 0. The van der Waals surface area contributed by atoms with Gasteiger partial charge in [-0.05, 0) is 48.4 Å². The molecule has 0 aromatic carbocycles. The molecule has 3 aromatic heterocycles. The van der Waals surface area contributed by atoms with Gasteiger partial charge >= 0.3 is 6.18 Å². The molecule has 6 nitrogen and oxygen atoms in total. The molecular formula is C18H18F3N5OS. The van der Waals surface area contributed by atoms with Crippen LogP contribution in [0.25, 0.3) is 16.8 Å². The summed E-state index contributed by atoms with van der Waals surface area (Å²) in [5, 5.41) is 8.65. The third-order valence-electron chi connectivity index (χ3n) is 4.98. The van der Waals surface area contributed by atoms with Gasteiger partial charge in [0.05, 0.1) is 10.8 Å². The van der Waals surface area contributed by atoms with Gasteiger partial charge in [0.2, 0.25) is 5.95 Å². The summed E-state index contributed by atoms with van der Waals surface area (Å²) < 4.78 is 40.4. The Morgan fingerprint density at radius 1 is 1.29 bits per heavy atom. The zero-order valence-electron chi connectivity index (χ0n) is 14.7. The molecule has 10 heteroatoms. The Morgan fingerprint density at radius 3 is 2.89 bits per heavy atom. The first-order valence-corrected chi connectivity index (χ1v) is 9.76. The highest BCUT2D eigenvalue weighted by atomic mass is 32.1. The van der Waals surface area contributed by atoms with Gasteiger partial charge < -0.3 is 11.1 Å². The van der Waals surface area contributed by atoms with Crippen LogP contribution < -0.4 is 11.1 Å². The SMILES string of the molecule is Nc1nc2ccc(-c3csc(C(=O)NC4CCCC(C(F)(F)F)C4)c3)cn2n1. The molecule has 1 saturated carbocycles. The molecule has 1 aliphatic carbocycles. The number of amides is 1. The van der Waals surface area contributed by atoms with E-state index < -0.39 is 18.1 Å². The number of aromatic nitrogens is 3. The van der Waals surface area contributed by atoms with Crippen LogP contribution >= 0.6 is 11.3 Å². The summed E-state index contributed by atoms with van der Waals surface area (Å²) in [5.41, 5.74) is 7.86. The third-order valence-corrected chi connectivity index (χ3v) is 5.91. The van der Waals surface area contributed by atoms with Gasteiger partial charge in [-0.3, -0.25) is 4.79 Å². The van der Waals surface area contributed by atoms with Crippen molar-refractivity contribution in [1.29, 1.82) is 0 Å². The van der Waals surface area contributed by atoms with Gasteiger partial charge in [0, 0.05) is 17.8 Å². The van der Waals surface area contributed by atoms with Crippen LogP contribution in [0.5, 0.6) is 0 Å². The first-order chi connectivity index (χ1) is 13.3. The normalized spacial score (nSPS) is 20.4. The van der Waals surface area contributed by atoms with Crippen LogP contribution in [0.15, 0.2) is 29.8 Å². The number of anilines is 1. The molecule has 3 N–H and O–H groups in total. The number of alkyl halides is 3. The number of carbonyl (C=O) groups excluding carboxylic acids is 1. The van der Waals surface area contributed by atoms with Crippen molar-refractivity contribution < 1.29 is 18.0 Å². The van der Waals surface area contributed by atoms with E-state index in [0.29, 0.717) is 23.4 Å². The predicted molar refractivity (Wildman–Crippen MR) is 100.0 cm³/mol. The first-order valence-electron chi connectivity index (χ1n) is 8.88. The molecule has 2 unspecified atom stereocenters. The number of fused-ring (bicyclic) bond motifs is 1. The lowest BCUT2D eigenvalue weighted by molar-refractivity contribution is -0.183. The zero-order chi connectivity index (χ0) is 19.9. The van der Waals surface area contributed by atoms with E-state index in [0.717, 1.165) is 11.1 Å². The molecular weight excluding hydrogens is 391 g/mol. The Bertz CT molecular complexity index is 1010. The highest BCUT2D eigenvalue weighted by molar-refractivity contribution is 7.12. The van der Waals surface area contributed by atoms with Crippen LogP contribution in [0.1, 0.15) is 35.4 Å². The number of halogens is 3. The number of carbonyl (C=O) groups is 1. The number of rotatable bonds is 3. The monoisotopic (exact) mass is 409 g/mol. The fraction of sp³-hybridized carbons (Fsp3) is 0.389. The maximum absolute atomic E-state index is 12.9. The van der Waals surface area contributed by atoms with Crippen LogP contribution in [0, 0.1) is 5.92 Å². The quantitative estimate of drug-likeness (QED) is 0.687. The molecule has 2 atom stereocenters. The maximum Gasteiger partial charge on any atom is 0.391 e. The minimum absolute atomic E-state index is 0.0577. The van der Waals surface area contributed by atoms with Gasteiger partial charge in [0.15, 0.2) is 5.65 Å². The van der Waals surface area contributed by atoms with E-state index in [1.54, 1.807) is 22.8 Å². The van der Waals surface area contributed by atoms with Crippen molar-refractivity contribution in [2.75, 3.05) is 5.73 Å². The second-order valence-electron chi connectivity index (χ2n) is 6.97. The van der Waals surface area contributed by atoms with E-state index in [1.807, 2.05) is 11.4 Å². The van der Waals surface area contributed by atoms with Crippen molar-refractivity contribution >= 4 is 28.8 Å². The van der Waals surface area contributed by atoms with Crippen molar-refractivity contribution in [2.24, 2.45) is 5.92 Å². The minimum Gasteiger partial charge on any atom is -0.366 e. The fourth-order valence-electron chi connectivity index (χ4n) is 3.55. The van der Waals surface area contributed by atoms with E-state index in [2.05, 4.69) is 15.4 Å². The van der Waals surface area contributed by atoms with Crippen LogP contribution in [0.4, 0.5) is 19.1 Å². The smallest absolute Gasteiger partial charge is 0.366 e. The molecule has 4 rings (SSSR count). The van der Waals surface area contributed by atoms with Crippen LogP contribution in [0.3, 0.4) is 0 Å². The van der Waals surface area contributed by atoms with Crippen molar-refractivity contribution in [3.8, 4) is 11.1 Å². The van der Waals surface area contributed by atoms with Gasteiger partial charge in [-0.2, -0.15) is 18.2 Å². The predicted octanol–water partition coefficient (Wildman–Crippen LogP) is 3.89. The Balaban J connectivity index is 1.46. The van der Waals surface area contributed by atoms with Gasteiger partial charge in [0.25, 0.3) is 5.91 Å². The van der Waals surface area contributed by atoms with Gasteiger partial charge in [-0.1, -0.05) is 6.42 Å². The Hall–Kier alpha value is -2.62. The van der Waals surface area contributed by atoms with Crippen molar-refractivity contribution in [3.05, 3.63) is 34.7 Å². The van der Waals surface area contributed by atoms with Crippen molar-refractivity contribution in [2.45, 2.75) is 37.9 Å². The molecule has 28 heavy (non-hydrogen) atoms. The molecule has 0 bridgehead atoms. The van der Waals surface area contributed by atoms with E-state index in [9.17, 15) is 18.0 Å².